The molecule has 0 radical (unpaired) electrons. The topological polar surface area (TPSA) is 106 Å². The lowest BCUT2D eigenvalue weighted by atomic mass is 10.2. The minimum absolute atomic E-state index is 0.452. The summed E-state index contributed by atoms with van der Waals surface area (Å²) in [7, 11) is 0. The smallest absolute Gasteiger partial charge is 0.348 e. The molecule has 0 fully saturated rings. The minimum atomic E-state index is -0.867. The van der Waals surface area contributed by atoms with Crippen molar-refractivity contribution in [2.75, 3.05) is 5.48 Å². The van der Waals surface area contributed by atoms with Crippen LogP contribution in [0.3, 0.4) is 0 Å². The summed E-state index contributed by atoms with van der Waals surface area (Å²) in [5.41, 5.74) is 8.87. The fourth-order valence-corrected chi connectivity index (χ4v) is 2.10. The number of amides is 2. The molecule has 0 saturated heterocycles. The molecular formula is C14H11IN4O3. The molecular weight excluding hydrogens is 399 g/mol. The van der Waals surface area contributed by atoms with E-state index >= 15 is 0 Å². The second-order valence-corrected chi connectivity index (χ2v) is 5.22. The molecule has 2 aromatic carbocycles. The molecule has 2 rings (SSSR count). The number of urea groups is 1. The van der Waals surface area contributed by atoms with Crippen molar-refractivity contribution in [2.45, 2.75) is 0 Å². The number of halogens is 1. The van der Waals surface area contributed by atoms with Crippen LogP contribution < -0.4 is 11.2 Å². The van der Waals surface area contributed by atoms with Crippen molar-refractivity contribution < 1.29 is 14.4 Å². The number of hydrogen-bond donors (Lipinski definition) is 2. The van der Waals surface area contributed by atoms with Crippen LogP contribution in [-0.2, 0) is 4.84 Å². The van der Waals surface area contributed by atoms with E-state index in [1.807, 2.05) is 12.1 Å². The molecule has 0 aromatic heterocycles. The molecule has 22 heavy (non-hydrogen) atoms. The van der Waals surface area contributed by atoms with E-state index < -0.39 is 12.0 Å². The number of nitrogens with two attached hydrogens (primary N) is 1. The number of primary amides is 1. The normalized spacial score (nSPS) is 10.4. The summed E-state index contributed by atoms with van der Waals surface area (Å²) in [5, 5.41) is 6.82. The van der Waals surface area contributed by atoms with Crippen molar-refractivity contribution in [3.63, 3.8) is 0 Å². The first-order valence-electron chi connectivity index (χ1n) is 6.09. The fraction of sp³-hybridized carbons (Fsp3) is 0. The van der Waals surface area contributed by atoms with E-state index in [9.17, 15) is 9.59 Å². The monoisotopic (exact) mass is 410 g/mol. The zero-order valence-corrected chi connectivity index (χ0v) is 13.4. The van der Waals surface area contributed by atoms with Crippen LogP contribution in [0.2, 0.25) is 0 Å². The maximum absolute atomic E-state index is 11.9. The summed E-state index contributed by atoms with van der Waals surface area (Å²) in [6.45, 7) is 0. The lowest BCUT2D eigenvalue weighted by molar-refractivity contribution is 0.0595. The standard InChI is InChI=1S/C14H11IN4O3/c15-12-4-2-1-3-11(12)13(20)22-19-10-7-5-9(6-8-10)17-18-14(16)21/h1-8,19H,(H2,16,21). The number of anilines is 1. The highest BCUT2D eigenvalue weighted by atomic mass is 127. The van der Waals surface area contributed by atoms with Crippen LogP contribution in [0.5, 0.6) is 0 Å². The molecule has 8 heteroatoms. The van der Waals surface area contributed by atoms with Gasteiger partial charge in [-0.3, -0.25) is 0 Å². The number of azo groups is 1. The molecule has 112 valence electrons. The Labute approximate surface area is 139 Å². The van der Waals surface area contributed by atoms with Crippen molar-refractivity contribution in [2.24, 2.45) is 16.0 Å². The van der Waals surface area contributed by atoms with Gasteiger partial charge in [-0.1, -0.05) is 17.2 Å². The van der Waals surface area contributed by atoms with E-state index in [2.05, 4.69) is 38.3 Å². The summed E-state index contributed by atoms with van der Waals surface area (Å²) in [6, 6.07) is 12.7. The van der Waals surface area contributed by atoms with Gasteiger partial charge in [0.2, 0.25) is 0 Å². The van der Waals surface area contributed by atoms with Gasteiger partial charge in [0.25, 0.3) is 0 Å². The highest BCUT2D eigenvalue weighted by molar-refractivity contribution is 14.1. The van der Waals surface area contributed by atoms with Crippen molar-refractivity contribution in [1.82, 2.24) is 0 Å². The zero-order valence-electron chi connectivity index (χ0n) is 11.2. The molecule has 0 unspecified atom stereocenters. The average molecular weight is 410 g/mol. The van der Waals surface area contributed by atoms with Crippen LogP contribution in [-0.4, -0.2) is 12.0 Å². The summed E-state index contributed by atoms with van der Waals surface area (Å²) in [5.74, 6) is -0.484. The van der Waals surface area contributed by atoms with Crippen molar-refractivity contribution in [3.05, 3.63) is 57.7 Å². The molecule has 0 heterocycles. The Morgan fingerprint density at radius 3 is 2.41 bits per heavy atom. The Balaban J connectivity index is 1.96. The van der Waals surface area contributed by atoms with Gasteiger partial charge >= 0.3 is 12.0 Å². The molecule has 7 nitrogen and oxygen atoms in total. The van der Waals surface area contributed by atoms with E-state index in [-0.39, 0.29) is 0 Å². The predicted octanol–water partition coefficient (Wildman–Crippen LogP) is 3.64. The van der Waals surface area contributed by atoms with E-state index in [1.54, 1.807) is 36.4 Å². The Morgan fingerprint density at radius 1 is 1.09 bits per heavy atom. The van der Waals surface area contributed by atoms with Gasteiger partial charge in [0.05, 0.1) is 16.9 Å². The van der Waals surface area contributed by atoms with Gasteiger partial charge in [-0.2, -0.15) is 0 Å². The van der Waals surface area contributed by atoms with E-state index in [0.29, 0.717) is 16.9 Å². The number of benzene rings is 2. The fourth-order valence-electron chi connectivity index (χ4n) is 1.49. The highest BCUT2D eigenvalue weighted by Gasteiger charge is 2.10. The number of hydrogen-bond acceptors (Lipinski definition) is 5. The van der Waals surface area contributed by atoms with Crippen LogP contribution >= 0.6 is 22.6 Å². The third-order valence-electron chi connectivity index (χ3n) is 2.49. The molecule has 2 aromatic rings. The van der Waals surface area contributed by atoms with Crippen LogP contribution in [0.1, 0.15) is 10.4 Å². The zero-order chi connectivity index (χ0) is 15.9. The Morgan fingerprint density at radius 2 is 1.77 bits per heavy atom. The highest BCUT2D eigenvalue weighted by Crippen LogP contribution is 2.18. The summed E-state index contributed by atoms with van der Waals surface area (Å²) in [4.78, 5) is 27.4. The van der Waals surface area contributed by atoms with Crippen LogP contribution in [0.4, 0.5) is 16.2 Å². The van der Waals surface area contributed by atoms with Crippen molar-refractivity contribution in [1.29, 1.82) is 0 Å². The van der Waals surface area contributed by atoms with Gasteiger partial charge in [-0.25, -0.2) is 15.1 Å². The van der Waals surface area contributed by atoms with Crippen LogP contribution in [0, 0.1) is 3.57 Å². The SMILES string of the molecule is NC(=O)N=Nc1ccc(NOC(=O)c2ccccc2I)cc1. The molecule has 2 amide bonds. The first-order chi connectivity index (χ1) is 10.6. The average Bonchev–Trinajstić information content (AvgIpc) is 2.52. The van der Waals surface area contributed by atoms with Crippen molar-refractivity contribution >= 4 is 46.0 Å². The third kappa shape index (κ3) is 4.52. The summed E-state index contributed by atoms with van der Waals surface area (Å²) >= 11 is 2.06. The lowest BCUT2D eigenvalue weighted by Crippen LogP contribution is -2.11. The van der Waals surface area contributed by atoms with Gasteiger partial charge in [-0.15, -0.1) is 5.11 Å². The maximum Gasteiger partial charge on any atom is 0.363 e. The van der Waals surface area contributed by atoms with Gasteiger partial charge < -0.3 is 10.6 Å². The van der Waals surface area contributed by atoms with Gasteiger partial charge in [0, 0.05) is 3.57 Å². The first-order valence-corrected chi connectivity index (χ1v) is 7.17. The quantitative estimate of drug-likeness (QED) is 0.456. The van der Waals surface area contributed by atoms with Gasteiger partial charge in [-0.05, 0) is 59.0 Å². The summed E-state index contributed by atoms with van der Waals surface area (Å²) in [6.07, 6.45) is 0. The van der Waals surface area contributed by atoms with Crippen LogP contribution in [0.15, 0.2) is 58.8 Å². The maximum atomic E-state index is 11.9. The number of rotatable bonds is 4. The number of nitrogens with one attached hydrogen (secondary N) is 1. The molecule has 0 aliphatic rings. The first kappa shape index (κ1) is 15.9. The Kier molecular flexibility index (Phi) is 5.42. The van der Waals surface area contributed by atoms with E-state index in [0.717, 1.165) is 3.57 Å². The van der Waals surface area contributed by atoms with Crippen LogP contribution in [0.25, 0.3) is 0 Å². The van der Waals surface area contributed by atoms with Crippen molar-refractivity contribution in [3.8, 4) is 0 Å². The second-order valence-electron chi connectivity index (χ2n) is 4.06. The molecule has 0 atom stereocenters. The largest absolute Gasteiger partial charge is 0.363 e. The van der Waals surface area contributed by atoms with E-state index in [1.165, 1.54) is 0 Å². The summed E-state index contributed by atoms with van der Waals surface area (Å²) < 4.78 is 0.800. The van der Waals surface area contributed by atoms with Gasteiger partial charge in [0.15, 0.2) is 0 Å². The minimum Gasteiger partial charge on any atom is -0.348 e. The van der Waals surface area contributed by atoms with Gasteiger partial charge in [0.1, 0.15) is 0 Å². The third-order valence-corrected chi connectivity index (χ3v) is 3.43. The Hall–Kier alpha value is -2.49. The number of carbonyl (C=O) groups excluding carboxylic acids is 2. The molecule has 0 spiro atoms. The second kappa shape index (κ2) is 7.50. The number of nitrogens with zero attached hydrogens (tertiary/aromatic N) is 2. The molecule has 0 aliphatic heterocycles. The number of carbonyl (C=O) groups is 2. The molecule has 0 aliphatic carbocycles. The molecule has 0 saturated carbocycles. The molecule has 3 N–H and O–H groups in total. The predicted molar refractivity (Wildman–Crippen MR) is 88.7 cm³/mol. The lowest BCUT2D eigenvalue weighted by Gasteiger charge is -2.07. The molecule has 0 bridgehead atoms. The van der Waals surface area contributed by atoms with E-state index in [4.69, 9.17) is 10.6 Å². The Bertz CT molecular complexity index is 716.